The molecular weight excluding hydrogens is 416 g/mol. The standard InChI is InChI=1S/C21H16F4N4O2/c1-20(31,12-29-9-8-18(28-29)13-2-5-15(22)6-3-13)19(30)27-16-7-4-14(11-26)17(10-16)21(23,24)25/h2-10,31H,12H2,1H3,(H,27,30). The number of alkyl halides is 3. The fourth-order valence-corrected chi connectivity index (χ4v) is 2.83. The Balaban J connectivity index is 1.75. The fraction of sp³-hybridized carbons (Fsp3) is 0.190. The minimum Gasteiger partial charge on any atom is -0.378 e. The van der Waals surface area contributed by atoms with Gasteiger partial charge in [0.2, 0.25) is 0 Å². The number of nitrogens with zero attached hydrogens (tertiary/aromatic N) is 3. The topological polar surface area (TPSA) is 90.9 Å². The van der Waals surface area contributed by atoms with Gasteiger partial charge in [0.15, 0.2) is 5.60 Å². The Labute approximate surface area is 174 Å². The number of nitrogens with one attached hydrogen (secondary N) is 1. The predicted octanol–water partition coefficient (Wildman–Crippen LogP) is 3.97. The van der Waals surface area contributed by atoms with Crippen molar-refractivity contribution in [3.05, 3.63) is 71.7 Å². The van der Waals surface area contributed by atoms with E-state index in [9.17, 15) is 27.5 Å². The third-order valence-electron chi connectivity index (χ3n) is 4.44. The van der Waals surface area contributed by atoms with Crippen LogP contribution >= 0.6 is 0 Å². The third-order valence-corrected chi connectivity index (χ3v) is 4.44. The first-order valence-corrected chi connectivity index (χ1v) is 8.94. The van der Waals surface area contributed by atoms with Crippen molar-refractivity contribution in [3.63, 3.8) is 0 Å². The minimum atomic E-state index is -4.78. The van der Waals surface area contributed by atoms with Gasteiger partial charge in [0.25, 0.3) is 5.91 Å². The van der Waals surface area contributed by atoms with E-state index < -0.39 is 34.6 Å². The van der Waals surface area contributed by atoms with Gasteiger partial charge >= 0.3 is 6.18 Å². The van der Waals surface area contributed by atoms with Gasteiger partial charge in [0.1, 0.15) is 5.82 Å². The van der Waals surface area contributed by atoms with Crippen LogP contribution in [0.1, 0.15) is 18.1 Å². The largest absolute Gasteiger partial charge is 0.417 e. The molecule has 0 saturated heterocycles. The van der Waals surface area contributed by atoms with Crippen molar-refractivity contribution in [2.45, 2.75) is 25.2 Å². The molecule has 1 amide bonds. The normalized spacial score (nSPS) is 13.3. The maximum absolute atomic E-state index is 13.1. The maximum Gasteiger partial charge on any atom is 0.417 e. The van der Waals surface area contributed by atoms with Crippen LogP contribution in [-0.2, 0) is 17.5 Å². The summed E-state index contributed by atoms with van der Waals surface area (Å²) in [4.78, 5) is 12.5. The molecule has 2 N–H and O–H groups in total. The quantitative estimate of drug-likeness (QED) is 0.597. The summed E-state index contributed by atoms with van der Waals surface area (Å²) < 4.78 is 53.6. The smallest absolute Gasteiger partial charge is 0.378 e. The van der Waals surface area contributed by atoms with Crippen molar-refractivity contribution in [1.82, 2.24) is 9.78 Å². The van der Waals surface area contributed by atoms with Gasteiger partial charge < -0.3 is 10.4 Å². The number of carbonyl (C=O) groups is 1. The predicted molar refractivity (Wildman–Crippen MR) is 103 cm³/mol. The van der Waals surface area contributed by atoms with Crippen molar-refractivity contribution >= 4 is 11.6 Å². The highest BCUT2D eigenvalue weighted by atomic mass is 19.4. The lowest BCUT2D eigenvalue weighted by molar-refractivity contribution is -0.138. The number of halogens is 4. The van der Waals surface area contributed by atoms with Gasteiger partial charge in [-0.1, -0.05) is 0 Å². The lowest BCUT2D eigenvalue weighted by atomic mass is 10.0. The van der Waals surface area contributed by atoms with E-state index in [-0.39, 0.29) is 12.2 Å². The van der Waals surface area contributed by atoms with Crippen LogP contribution in [-0.4, -0.2) is 26.4 Å². The van der Waals surface area contributed by atoms with Crippen LogP contribution < -0.4 is 5.32 Å². The third kappa shape index (κ3) is 5.07. The Morgan fingerprint density at radius 2 is 1.87 bits per heavy atom. The van der Waals surface area contributed by atoms with Crippen LogP contribution in [0.5, 0.6) is 0 Å². The zero-order valence-electron chi connectivity index (χ0n) is 16.1. The number of benzene rings is 2. The molecule has 1 heterocycles. The molecule has 3 rings (SSSR count). The molecule has 0 saturated carbocycles. The van der Waals surface area contributed by atoms with E-state index in [4.69, 9.17) is 5.26 Å². The van der Waals surface area contributed by atoms with Crippen LogP contribution in [0.25, 0.3) is 11.3 Å². The molecule has 0 aliphatic heterocycles. The van der Waals surface area contributed by atoms with Crippen molar-refractivity contribution in [3.8, 4) is 17.3 Å². The molecule has 10 heteroatoms. The SMILES string of the molecule is CC(O)(Cn1ccc(-c2ccc(F)cc2)n1)C(=O)Nc1ccc(C#N)c(C(F)(F)F)c1. The first kappa shape index (κ1) is 22.0. The number of rotatable bonds is 5. The number of amides is 1. The van der Waals surface area contributed by atoms with Crippen molar-refractivity contribution < 1.29 is 27.5 Å². The van der Waals surface area contributed by atoms with Crippen LogP contribution in [0.2, 0.25) is 0 Å². The van der Waals surface area contributed by atoms with Gasteiger partial charge in [-0.05, 0) is 55.5 Å². The number of aromatic nitrogens is 2. The average molecular weight is 432 g/mol. The highest BCUT2D eigenvalue weighted by Crippen LogP contribution is 2.33. The van der Waals surface area contributed by atoms with Gasteiger partial charge in [0.05, 0.1) is 29.4 Å². The van der Waals surface area contributed by atoms with Gasteiger partial charge in [0, 0.05) is 17.4 Å². The summed E-state index contributed by atoms with van der Waals surface area (Å²) in [6.07, 6.45) is -3.27. The monoisotopic (exact) mass is 432 g/mol. The summed E-state index contributed by atoms with van der Waals surface area (Å²) in [5, 5.41) is 25.8. The summed E-state index contributed by atoms with van der Waals surface area (Å²) in [6, 6.07) is 11.4. The molecule has 0 bridgehead atoms. The van der Waals surface area contributed by atoms with E-state index in [1.54, 1.807) is 6.07 Å². The second-order valence-corrected chi connectivity index (χ2v) is 7.00. The molecule has 1 atom stereocenters. The van der Waals surface area contributed by atoms with Gasteiger partial charge in [-0.15, -0.1) is 0 Å². The van der Waals surface area contributed by atoms with Crippen LogP contribution in [0.3, 0.4) is 0 Å². The van der Waals surface area contributed by atoms with Crippen molar-refractivity contribution in [2.75, 3.05) is 5.32 Å². The van der Waals surface area contributed by atoms with E-state index >= 15 is 0 Å². The molecule has 1 aromatic heterocycles. The highest BCUT2D eigenvalue weighted by molar-refractivity contribution is 5.96. The second-order valence-electron chi connectivity index (χ2n) is 7.00. The zero-order valence-corrected chi connectivity index (χ0v) is 16.1. The van der Waals surface area contributed by atoms with Crippen molar-refractivity contribution in [2.24, 2.45) is 0 Å². The lowest BCUT2D eigenvalue weighted by Gasteiger charge is -2.22. The number of anilines is 1. The zero-order chi connectivity index (χ0) is 22.8. The number of hydrogen-bond acceptors (Lipinski definition) is 4. The van der Waals surface area contributed by atoms with E-state index in [2.05, 4.69) is 10.4 Å². The van der Waals surface area contributed by atoms with E-state index in [0.29, 0.717) is 17.3 Å². The first-order valence-electron chi connectivity index (χ1n) is 8.94. The molecule has 3 aromatic rings. The molecule has 6 nitrogen and oxygen atoms in total. The Bertz CT molecular complexity index is 1150. The van der Waals surface area contributed by atoms with Gasteiger partial charge in [-0.3, -0.25) is 9.48 Å². The first-order chi connectivity index (χ1) is 14.5. The molecule has 2 aromatic carbocycles. The Morgan fingerprint density at radius 3 is 2.48 bits per heavy atom. The maximum atomic E-state index is 13.1. The molecule has 0 fully saturated rings. The number of nitriles is 1. The molecule has 0 spiro atoms. The summed E-state index contributed by atoms with van der Waals surface area (Å²) in [5.74, 6) is -1.36. The van der Waals surface area contributed by atoms with Crippen LogP contribution in [0.4, 0.5) is 23.2 Å². The summed E-state index contributed by atoms with van der Waals surface area (Å²) in [6.45, 7) is 0.901. The van der Waals surface area contributed by atoms with Gasteiger partial charge in [-0.2, -0.15) is 23.5 Å². The second kappa shape index (κ2) is 8.20. The average Bonchev–Trinajstić information content (AvgIpc) is 3.15. The summed E-state index contributed by atoms with van der Waals surface area (Å²) >= 11 is 0. The summed E-state index contributed by atoms with van der Waals surface area (Å²) in [7, 11) is 0. The van der Waals surface area contributed by atoms with E-state index in [1.807, 2.05) is 0 Å². The lowest BCUT2D eigenvalue weighted by Crippen LogP contribution is -2.43. The van der Waals surface area contributed by atoms with Crippen molar-refractivity contribution in [1.29, 1.82) is 5.26 Å². The molecule has 0 aliphatic carbocycles. The van der Waals surface area contributed by atoms with Gasteiger partial charge in [-0.25, -0.2) is 4.39 Å². The Hall–Kier alpha value is -3.71. The Morgan fingerprint density at radius 1 is 1.19 bits per heavy atom. The number of carbonyl (C=O) groups excluding carboxylic acids is 1. The molecule has 1 unspecified atom stereocenters. The summed E-state index contributed by atoms with van der Waals surface area (Å²) in [5.41, 5.74) is -2.90. The van der Waals surface area contributed by atoms with Crippen LogP contribution in [0.15, 0.2) is 54.7 Å². The molecule has 0 radical (unpaired) electrons. The van der Waals surface area contributed by atoms with E-state index in [1.165, 1.54) is 48.1 Å². The van der Waals surface area contributed by atoms with Crippen LogP contribution in [0, 0.1) is 17.1 Å². The number of aliphatic hydroxyl groups is 1. The fourth-order valence-electron chi connectivity index (χ4n) is 2.83. The molecule has 0 aliphatic rings. The minimum absolute atomic E-state index is 0.218. The molecule has 160 valence electrons. The van der Waals surface area contributed by atoms with E-state index in [0.717, 1.165) is 12.1 Å². The highest BCUT2D eigenvalue weighted by Gasteiger charge is 2.35. The Kier molecular flexibility index (Phi) is 5.81. The number of hydrogen-bond donors (Lipinski definition) is 2. The molecule has 31 heavy (non-hydrogen) atoms. The molecular formula is C21H16F4N4O2.